The Labute approximate surface area is 168 Å². The van der Waals surface area contributed by atoms with Crippen molar-refractivity contribution in [2.45, 2.75) is 57.6 Å². The van der Waals surface area contributed by atoms with Crippen molar-refractivity contribution in [3.63, 3.8) is 0 Å². The van der Waals surface area contributed by atoms with Gasteiger partial charge in [-0.15, -0.1) is 0 Å². The number of piperazine rings is 1. The molecule has 2 heterocycles. The van der Waals surface area contributed by atoms with Gasteiger partial charge in [0.2, 0.25) is 5.95 Å². The standard InChI is InChI=1S/C20H35N7O/c1-4-5-16(21-2)17-18(22-3)19(24-14-6-8-15(28)9-7-14)26-20(25-17)27-12-10-23-11-13-27/h14-15,22-23,28H,4-13H2,1-3H3,(H,24,25,26). The molecular weight excluding hydrogens is 354 g/mol. The van der Waals surface area contributed by atoms with Gasteiger partial charge in [-0.1, -0.05) is 13.3 Å². The summed E-state index contributed by atoms with van der Waals surface area (Å²) in [6.07, 6.45) is 5.33. The van der Waals surface area contributed by atoms with Gasteiger partial charge in [-0.2, -0.15) is 4.98 Å². The number of nitrogens with zero attached hydrogens (tertiary/aromatic N) is 4. The Kier molecular flexibility index (Phi) is 7.44. The van der Waals surface area contributed by atoms with Gasteiger partial charge in [0, 0.05) is 46.3 Å². The highest BCUT2D eigenvalue weighted by Gasteiger charge is 2.25. The molecule has 156 valence electrons. The molecule has 1 saturated carbocycles. The molecule has 0 unspecified atom stereocenters. The van der Waals surface area contributed by atoms with Gasteiger partial charge in [-0.25, -0.2) is 4.98 Å². The van der Waals surface area contributed by atoms with E-state index < -0.39 is 0 Å². The molecule has 1 aromatic heterocycles. The normalized spacial score (nSPS) is 23.6. The first-order valence-corrected chi connectivity index (χ1v) is 10.6. The zero-order valence-corrected chi connectivity index (χ0v) is 17.5. The topological polar surface area (TPSA) is 97.7 Å². The SMILES string of the molecule is CCCC(=NC)c1nc(N2CCNCC2)nc(NC2CCC(O)CC2)c1NC. The number of rotatable bonds is 7. The minimum absolute atomic E-state index is 0.164. The van der Waals surface area contributed by atoms with Crippen molar-refractivity contribution in [1.29, 1.82) is 0 Å². The largest absolute Gasteiger partial charge is 0.393 e. The quantitative estimate of drug-likeness (QED) is 0.529. The van der Waals surface area contributed by atoms with Crippen molar-refractivity contribution in [1.82, 2.24) is 15.3 Å². The number of aliphatic hydroxyl groups is 1. The molecule has 1 aromatic rings. The molecule has 8 nitrogen and oxygen atoms in total. The van der Waals surface area contributed by atoms with Gasteiger partial charge >= 0.3 is 0 Å². The Balaban J connectivity index is 1.97. The van der Waals surface area contributed by atoms with Crippen molar-refractivity contribution in [2.75, 3.05) is 55.8 Å². The third kappa shape index (κ3) is 4.91. The number of aliphatic imine (C=N–C) groups is 1. The van der Waals surface area contributed by atoms with E-state index >= 15 is 0 Å². The number of hydrogen-bond donors (Lipinski definition) is 4. The molecular formula is C20H35N7O. The lowest BCUT2D eigenvalue weighted by Gasteiger charge is -2.31. The van der Waals surface area contributed by atoms with Crippen molar-refractivity contribution in [3.8, 4) is 0 Å². The third-order valence-corrected chi connectivity index (χ3v) is 5.61. The summed E-state index contributed by atoms with van der Waals surface area (Å²) in [4.78, 5) is 16.6. The van der Waals surface area contributed by atoms with Crippen molar-refractivity contribution in [2.24, 2.45) is 4.99 Å². The molecule has 2 aliphatic rings. The molecule has 1 saturated heterocycles. The van der Waals surface area contributed by atoms with Crippen molar-refractivity contribution >= 4 is 23.2 Å². The molecule has 0 radical (unpaired) electrons. The van der Waals surface area contributed by atoms with Crippen LogP contribution in [0.3, 0.4) is 0 Å². The third-order valence-electron chi connectivity index (χ3n) is 5.61. The van der Waals surface area contributed by atoms with Gasteiger partial charge in [0.1, 0.15) is 11.4 Å². The van der Waals surface area contributed by atoms with E-state index in [2.05, 4.69) is 32.8 Å². The fourth-order valence-electron chi connectivity index (χ4n) is 3.99. The van der Waals surface area contributed by atoms with Crippen molar-refractivity contribution in [3.05, 3.63) is 5.69 Å². The minimum atomic E-state index is -0.164. The fraction of sp³-hybridized carbons (Fsp3) is 0.750. The number of aliphatic hydroxyl groups excluding tert-OH is 1. The van der Waals surface area contributed by atoms with Gasteiger partial charge < -0.3 is 26.0 Å². The van der Waals surface area contributed by atoms with E-state index in [0.29, 0.717) is 6.04 Å². The molecule has 0 aromatic carbocycles. The predicted octanol–water partition coefficient (Wildman–Crippen LogP) is 1.86. The predicted molar refractivity (Wildman–Crippen MR) is 116 cm³/mol. The molecule has 1 aliphatic carbocycles. The first-order valence-electron chi connectivity index (χ1n) is 10.6. The smallest absolute Gasteiger partial charge is 0.228 e. The lowest BCUT2D eigenvalue weighted by Crippen LogP contribution is -2.44. The molecule has 0 spiro atoms. The first kappa shape index (κ1) is 20.8. The van der Waals surface area contributed by atoms with Crippen LogP contribution >= 0.6 is 0 Å². The van der Waals surface area contributed by atoms with Gasteiger partial charge in [0.25, 0.3) is 0 Å². The van der Waals surface area contributed by atoms with Crippen molar-refractivity contribution < 1.29 is 5.11 Å². The van der Waals surface area contributed by atoms with Crippen LogP contribution < -0.4 is 20.9 Å². The maximum atomic E-state index is 9.82. The Bertz CT molecular complexity index is 665. The van der Waals surface area contributed by atoms with Gasteiger partial charge in [-0.3, -0.25) is 4.99 Å². The minimum Gasteiger partial charge on any atom is -0.393 e. The summed E-state index contributed by atoms with van der Waals surface area (Å²) < 4.78 is 0. The maximum absolute atomic E-state index is 9.82. The highest BCUT2D eigenvalue weighted by atomic mass is 16.3. The number of nitrogens with one attached hydrogen (secondary N) is 3. The molecule has 0 bridgehead atoms. The molecule has 28 heavy (non-hydrogen) atoms. The van der Waals surface area contributed by atoms with Crippen LogP contribution in [0.4, 0.5) is 17.5 Å². The zero-order chi connectivity index (χ0) is 19.9. The number of hydrogen-bond acceptors (Lipinski definition) is 8. The second kappa shape index (κ2) is 10.0. The second-order valence-electron chi connectivity index (χ2n) is 7.65. The van der Waals surface area contributed by atoms with Crippen LogP contribution in [0.25, 0.3) is 0 Å². The molecule has 3 rings (SSSR count). The molecule has 0 amide bonds. The molecule has 2 fully saturated rings. The monoisotopic (exact) mass is 389 g/mol. The van der Waals surface area contributed by atoms with E-state index in [1.807, 2.05) is 14.1 Å². The Morgan fingerprint density at radius 3 is 2.54 bits per heavy atom. The second-order valence-corrected chi connectivity index (χ2v) is 7.65. The van der Waals surface area contributed by atoms with Gasteiger partial charge in [0.15, 0.2) is 5.82 Å². The summed E-state index contributed by atoms with van der Waals surface area (Å²) in [5.41, 5.74) is 2.82. The summed E-state index contributed by atoms with van der Waals surface area (Å²) in [6, 6.07) is 0.322. The Hall–Kier alpha value is -1.93. The van der Waals surface area contributed by atoms with E-state index in [1.54, 1.807) is 0 Å². The summed E-state index contributed by atoms with van der Waals surface area (Å²) in [5, 5.41) is 20.2. The average Bonchev–Trinajstić information content (AvgIpc) is 2.73. The summed E-state index contributed by atoms with van der Waals surface area (Å²) >= 11 is 0. The van der Waals surface area contributed by atoms with E-state index in [9.17, 15) is 5.11 Å². The number of anilines is 3. The van der Waals surface area contributed by atoms with E-state index in [-0.39, 0.29) is 6.10 Å². The fourth-order valence-corrected chi connectivity index (χ4v) is 3.99. The molecule has 8 heteroatoms. The first-order chi connectivity index (χ1) is 13.7. The highest BCUT2D eigenvalue weighted by molar-refractivity contribution is 6.05. The average molecular weight is 390 g/mol. The van der Waals surface area contributed by atoms with E-state index in [0.717, 1.165) is 93.6 Å². The van der Waals surface area contributed by atoms with E-state index in [4.69, 9.17) is 9.97 Å². The van der Waals surface area contributed by atoms with Crippen LogP contribution in [-0.4, -0.2) is 73.2 Å². The lowest BCUT2D eigenvalue weighted by molar-refractivity contribution is 0.126. The Morgan fingerprint density at radius 2 is 1.93 bits per heavy atom. The highest BCUT2D eigenvalue weighted by Crippen LogP contribution is 2.30. The number of aromatic nitrogens is 2. The molecule has 1 aliphatic heterocycles. The van der Waals surface area contributed by atoms with Crippen LogP contribution in [0.15, 0.2) is 4.99 Å². The van der Waals surface area contributed by atoms with Gasteiger partial charge in [0.05, 0.1) is 11.8 Å². The zero-order valence-electron chi connectivity index (χ0n) is 17.5. The Morgan fingerprint density at radius 1 is 1.21 bits per heavy atom. The van der Waals surface area contributed by atoms with E-state index in [1.165, 1.54) is 0 Å². The van der Waals surface area contributed by atoms with Crippen LogP contribution in [0, 0.1) is 0 Å². The summed E-state index contributed by atoms with van der Waals surface area (Å²) in [6.45, 7) is 5.85. The lowest BCUT2D eigenvalue weighted by atomic mass is 9.93. The molecule has 4 N–H and O–H groups in total. The van der Waals surface area contributed by atoms with Gasteiger partial charge in [-0.05, 0) is 32.1 Å². The van der Waals surface area contributed by atoms with Crippen LogP contribution in [-0.2, 0) is 0 Å². The van der Waals surface area contributed by atoms with Crippen LogP contribution in [0.5, 0.6) is 0 Å². The maximum Gasteiger partial charge on any atom is 0.228 e. The summed E-state index contributed by atoms with van der Waals surface area (Å²) in [5.74, 6) is 1.62. The summed E-state index contributed by atoms with van der Waals surface area (Å²) in [7, 11) is 3.76. The van der Waals surface area contributed by atoms with Crippen LogP contribution in [0.1, 0.15) is 51.1 Å². The molecule has 0 atom stereocenters. The van der Waals surface area contributed by atoms with Crippen LogP contribution in [0.2, 0.25) is 0 Å².